The molecule has 1 aromatic rings. The quantitative estimate of drug-likeness (QED) is 0.852. The van der Waals surface area contributed by atoms with Crippen molar-refractivity contribution >= 4 is 39.2 Å². The highest BCUT2D eigenvalue weighted by Gasteiger charge is 2.24. The minimum absolute atomic E-state index is 0.0580. The minimum atomic E-state index is 0.0580. The molecule has 0 aromatic carbocycles. The van der Waals surface area contributed by atoms with E-state index in [-0.39, 0.29) is 18.6 Å². The first-order valence-corrected chi connectivity index (χ1v) is 8.21. The third-order valence-electron chi connectivity index (χ3n) is 3.35. The Kier molecular flexibility index (Phi) is 5.60. The summed E-state index contributed by atoms with van der Waals surface area (Å²) in [6, 6.07) is 2.20. The van der Waals surface area contributed by atoms with E-state index in [9.17, 15) is 4.79 Å². The van der Waals surface area contributed by atoms with Crippen LogP contribution in [0.2, 0.25) is 0 Å². The highest BCUT2D eigenvalue weighted by Crippen LogP contribution is 2.22. The average molecular weight is 344 g/mol. The highest BCUT2D eigenvalue weighted by molar-refractivity contribution is 9.10. The van der Waals surface area contributed by atoms with Crippen LogP contribution >= 0.6 is 27.3 Å². The van der Waals surface area contributed by atoms with Crippen LogP contribution in [-0.2, 0) is 4.79 Å². The lowest BCUT2D eigenvalue weighted by Gasteiger charge is -2.34. The number of nitrogens with zero attached hydrogens (tertiary/aromatic N) is 1. The number of carbonyl (C=O) groups is 1. The Hall–Kier alpha value is -0.650. The van der Waals surface area contributed by atoms with Crippen LogP contribution in [0.4, 0.5) is 0 Å². The number of likely N-dealkylation sites (tertiary alicyclic amines) is 1. The van der Waals surface area contributed by atoms with E-state index in [1.807, 2.05) is 22.4 Å². The summed E-state index contributed by atoms with van der Waals surface area (Å²) in [5, 5.41) is 11.1. The van der Waals surface area contributed by atoms with Crippen molar-refractivity contribution in [3.8, 4) is 0 Å². The predicted octanol–water partition coefficient (Wildman–Crippen LogP) is 3.29. The number of carbonyl (C=O) groups excluding carboxylic acids is 1. The summed E-state index contributed by atoms with van der Waals surface area (Å²) in [7, 11) is 0. The smallest absolute Gasteiger partial charge is 0.246 e. The SMILES string of the molecule is O=C(/C=C/c1cc(Br)cs1)N1CCCCC1CCO. The molecule has 19 heavy (non-hydrogen) atoms. The van der Waals surface area contributed by atoms with Gasteiger partial charge < -0.3 is 10.0 Å². The molecule has 1 atom stereocenters. The van der Waals surface area contributed by atoms with Gasteiger partial charge in [-0.1, -0.05) is 0 Å². The van der Waals surface area contributed by atoms with E-state index in [0.717, 1.165) is 35.2 Å². The fourth-order valence-corrected chi connectivity index (χ4v) is 3.74. The van der Waals surface area contributed by atoms with Gasteiger partial charge in [-0.3, -0.25) is 4.79 Å². The van der Waals surface area contributed by atoms with Gasteiger partial charge in [-0.25, -0.2) is 0 Å². The van der Waals surface area contributed by atoms with Gasteiger partial charge in [-0.2, -0.15) is 0 Å². The molecule has 1 fully saturated rings. The van der Waals surface area contributed by atoms with Gasteiger partial charge in [0.15, 0.2) is 0 Å². The second-order valence-electron chi connectivity index (χ2n) is 4.69. The standard InChI is InChI=1S/C14H18BrNO2S/c15-11-9-13(19-10-11)4-5-14(18)16-7-2-1-3-12(16)6-8-17/h4-5,9-10,12,17H,1-3,6-8H2/b5-4+. The summed E-state index contributed by atoms with van der Waals surface area (Å²) in [6.07, 6.45) is 7.41. The van der Waals surface area contributed by atoms with Crippen molar-refractivity contribution < 1.29 is 9.90 Å². The molecule has 0 bridgehead atoms. The first-order chi connectivity index (χ1) is 9.20. The summed E-state index contributed by atoms with van der Waals surface area (Å²) < 4.78 is 1.04. The number of aliphatic hydroxyl groups is 1. The number of thiophene rings is 1. The number of hydrogen-bond acceptors (Lipinski definition) is 3. The summed E-state index contributed by atoms with van der Waals surface area (Å²) in [5.74, 6) is 0.0580. The molecule has 1 N–H and O–H groups in total. The minimum Gasteiger partial charge on any atom is -0.396 e. The van der Waals surface area contributed by atoms with Crippen LogP contribution < -0.4 is 0 Å². The molecular formula is C14H18BrNO2S. The Labute approximate surface area is 126 Å². The van der Waals surface area contributed by atoms with Gasteiger partial charge in [-0.05, 0) is 53.8 Å². The molecule has 0 spiro atoms. The zero-order valence-electron chi connectivity index (χ0n) is 10.7. The van der Waals surface area contributed by atoms with Gasteiger partial charge in [0.25, 0.3) is 0 Å². The Bertz CT molecular complexity index is 456. The Morgan fingerprint density at radius 2 is 2.42 bits per heavy atom. The van der Waals surface area contributed by atoms with Gasteiger partial charge in [0.2, 0.25) is 5.91 Å². The van der Waals surface area contributed by atoms with Gasteiger partial charge in [0.05, 0.1) is 0 Å². The molecule has 104 valence electrons. The molecule has 1 aromatic heterocycles. The lowest BCUT2D eigenvalue weighted by atomic mass is 9.99. The molecule has 1 unspecified atom stereocenters. The Balaban J connectivity index is 1.99. The van der Waals surface area contributed by atoms with Crippen molar-refractivity contribution in [3.05, 3.63) is 26.9 Å². The van der Waals surface area contributed by atoms with Crippen LogP contribution in [0, 0.1) is 0 Å². The van der Waals surface area contributed by atoms with E-state index in [4.69, 9.17) is 5.11 Å². The first-order valence-electron chi connectivity index (χ1n) is 6.54. The van der Waals surface area contributed by atoms with Crippen molar-refractivity contribution in [1.82, 2.24) is 4.90 Å². The number of halogens is 1. The molecule has 1 aliphatic rings. The molecule has 1 amide bonds. The largest absolute Gasteiger partial charge is 0.396 e. The molecule has 0 radical (unpaired) electrons. The highest BCUT2D eigenvalue weighted by atomic mass is 79.9. The maximum absolute atomic E-state index is 12.2. The van der Waals surface area contributed by atoms with Gasteiger partial charge in [0, 0.05) is 40.0 Å². The Morgan fingerprint density at radius 3 is 3.11 bits per heavy atom. The number of aliphatic hydroxyl groups excluding tert-OH is 1. The normalized spacial score (nSPS) is 20.1. The lowest BCUT2D eigenvalue weighted by Crippen LogP contribution is -2.43. The summed E-state index contributed by atoms with van der Waals surface area (Å²) in [6.45, 7) is 0.956. The van der Waals surface area contributed by atoms with Crippen molar-refractivity contribution in [2.75, 3.05) is 13.2 Å². The summed E-state index contributed by atoms with van der Waals surface area (Å²) in [5.41, 5.74) is 0. The second kappa shape index (κ2) is 7.22. The van der Waals surface area contributed by atoms with Crippen LogP contribution in [0.5, 0.6) is 0 Å². The van der Waals surface area contributed by atoms with E-state index in [1.165, 1.54) is 0 Å². The van der Waals surface area contributed by atoms with Crippen LogP contribution in [-0.4, -0.2) is 35.1 Å². The number of hydrogen-bond donors (Lipinski definition) is 1. The number of rotatable bonds is 4. The monoisotopic (exact) mass is 343 g/mol. The molecule has 0 saturated carbocycles. The van der Waals surface area contributed by atoms with E-state index in [2.05, 4.69) is 15.9 Å². The van der Waals surface area contributed by atoms with E-state index in [0.29, 0.717) is 6.42 Å². The van der Waals surface area contributed by atoms with Crippen molar-refractivity contribution in [1.29, 1.82) is 0 Å². The fraction of sp³-hybridized carbons (Fsp3) is 0.500. The number of amides is 1. The maximum Gasteiger partial charge on any atom is 0.246 e. The zero-order chi connectivity index (χ0) is 13.7. The molecule has 2 rings (SSSR count). The maximum atomic E-state index is 12.2. The van der Waals surface area contributed by atoms with Crippen LogP contribution in [0.15, 0.2) is 22.0 Å². The van der Waals surface area contributed by atoms with Crippen LogP contribution in [0.25, 0.3) is 6.08 Å². The molecule has 2 heterocycles. The van der Waals surface area contributed by atoms with Crippen molar-refractivity contribution in [2.24, 2.45) is 0 Å². The van der Waals surface area contributed by atoms with E-state index < -0.39 is 0 Å². The predicted molar refractivity (Wildman–Crippen MR) is 82.1 cm³/mol. The molecule has 3 nitrogen and oxygen atoms in total. The van der Waals surface area contributed by atoms with Gasteiger partial charge in [-0.15, -0.1) is 11.3 Å². The van der Waals surface area contributed by atoms with Crippen LogP contribution in [0.1, 0.15) is 30.6 Å². The first kappa shape index (κ1) is 14.8. The van der Waals surface area contributed by atoms with Crippen LogP contribution in [0.3, 0.4) is 0 Å². The van der Waals surface area contributed by atoms with E-state index in [1.54, 1.807) is 17.4 Å². The Morgan fingerprint density at radius 1 is 1.58 bits per heavy atom. The summed E-state index contributed by atoms with van der Waals surface area (Å²) in [4.78, 5) is 15.2. The molecule has 1 saturated heterocycles. The van der Waals surface area contributed by atoms with Gasteiger partial charge >= 0.3 is 0 Å². The fourth-order valence-electron chi connectivity index (χ4n) is 2.40. The third-order valence-corrected chi connectivity index (χ3v) is 5.01. The van der Waals surface area contributed by atoms with Crippen molar-refractivity contribution in [3.63, 3.8) is 0 Å². The number of piperidine rings is 1. The zero-order valence-corrected chi connectivity index (χ0v) is 13.1. The van der Waals surface area contributed by atoms with Crippen molar-refractivity contribution in [2.45, 2.75) is 31.7 Å². The topological polar surface area (TPSA) is 40.5 Å². The average Bonchev–Trinajstić information content (AvgIpc) is 2.83. The summed E-state index contributed by atoms with van der Waals surface area (Å²) >= 11 is 5.00. The molecular weight excluding hydrogens is 326 g/mol. The van der Waals surface area contributed by atoms with E-state index >= 15 is 0 Å². The second-order valence-corrected chi connectivity index (χ2v) is 6.55. The lowest BCUT2D eigenvalue weighted by molar-refractivity contribution is -0.129. The molecule has 0 aliphatic carbocycles. The molecule has 1 aliphatic heterocycles. The third kappa shape index (κ3) is 4.16. The molecule has 5 heteroatoms. The van der Waals surface area contributed by atoms with Gasteiger partial charge in [0.1, 0.15) is 0 Å².